The third-order valence-corrected chi connectivity index (χ3v) is 5.30. The van der Waals surface area contributed by atoms with Crippen LogP contribution in [-0.2, 0) is 14.8 Å². The van der Waals surface area contributed by atoms with Crippen molar-refractivity contribution >= 4 is 54.9 Å². The quantitative estimate of drug-likeness (QED) is 0.356. The number of aliphatic carboxylic acids is 1. The minimum Gasteiger partial charge on any atom is -0.547 e. The van der Waals surface area contributed by atoms with Crippen molar-refractivity contribution in [3.8, 4) is 5.75 Å². The van der Waals surface area contributed by atoms with Gasteiger partial charge in [-0.2, -0.15) is 0 Å². The maximum absolute atomic E-state index is 11.5. The molecule has 34 heavy (non-hydrogen) atoms. The number of hydrogen-bond donors (Lipinski definition) is 3. The van der Waals surface area contributed by atoms with E-state index in [4.69, 9.17) is 14.8 Å². The highest BCUT2D eigenvalue weighted by Crippen LogP contribution is 2.37. The van der Waals surface area contributed by atoms with Crippen LogP contribution in [0.3, 0.4) is 0 Å². The molecule has 3 N–H and O–H groups in total. The van der Waals surface area contributed by atoms with Crippen molar-refractivity contribution in [2.75, 3.05) is 23.4 Å². The molecule has 0 aliphatic carbocycles. The number of carboxylic acids is 1. The van der Waals surface area contributed by atoms with E-state index in [1.807, 2.05) is 48.5 Å². The summed E-state index contributed by atoms with van der Waals surface area (Å²) in [7, 11) is -1.82. The molecule has 4 aromatic rings. The van der Waals surface area contributed by atoms with Gasteiger partial charge in [0.2, 0.25) is 10.0 Å². The number of aliphatic hydroxyl groups is 1. The summed E-state index contributed by atoms with van der Waals surface area (Å²) in [6.45, 7) is 1.13. The van der Waals surface area contributed by atoms with Gasteiger partial charge in [-0.3, -0.25) is 4.72 Å². The Morgan fingerprint density at radius 2 is 1.56 bits per heavy atom. The Morgan fingerprint density at radius 1 is 1.03 bits per heavy atom. The molecule has 3 aromatic carbocycles. The number of fused-ring (bicyclic) bond motifs is 2. The van der Waals surface area contributed by atoms with Gasteiger partial charge in [-0.1, -0.05) is 36.4 Å². The summed E-state index contributed by atoms with van der Waals surface area (Å²) >= 11 is 0. The molecule has 0 saturated carbocycles. The highest BCUT2D eigenvalue weighted by molar-refractivity contribution is 7.92. The Balaban J connectivity index is 0.000000481. The van der Waals surface area contributed by atoms with Gasteiger partial charge >= 0.3 is 0 Å². The number of ether oxygens (including phenoxy) is 1. The van der Waals surface area contributed by atoms with Gasteiger partial charge in [0.15, 0.2) is 0 Å². The lowest BCUT2D eigenvalue weighted by molar-refractivity contribution is -0.314. The number of aliphatic hydroxyl groups excluding tert-OH is 1. The molecule has 1 heterocycles. The van der Waals surface area contributed by atoms with Gasteiger partial charge in [-0.05, 0) is 31.2 Å². The lowest BCUT2D eigenvalue weighted by atomic mass is 10.1. The Labute approximate surface area is 197 Å². The van der Waals surface area contributed by atoms with Gasteiger partial charge in [-0.15, -0.1) is 0 Å². The molecule has 0 unspecified atom stereocenters. The molecule has 4 rings (SSSR count). The van der Waals surface area contributed by atoms with Crippen molar-refractivity contribution in [1.82, 2.24) is 4.98 Å². The summed E-state index contributed by atoms with van der Waals surface area (Å²) < 4.78 is 30.9. The molecule has 0 bridgehead atoms. The van der Waals surface area contributed by atoms with E-state index >= 15 is 0 Å². The zero-order chi connectivity index (χ0) is 24.9. The van der Waals surface area contributed by atoms with Crippen LogP contribution >= 0.6 is 0 Å². The minimum atomic E-state index is -3.37. The summed E-state index contributed by atoms with van der Waals surface area (Å²) in [4.78, 5) is 14.1. The van der Waals surface area contributed by atoms with Crippen LogP contribution in [-0.4, -0.2) is 43.9 Å². The molecule has 1 aromatic heterocycles. The summed E-state index contributed by atoms with van der Waals surface area (Å²) in [6, 6.07) is 21.0. The Kier molecular flexibility index (Phi) is 7.54. The number of rotatable bonds is 6. The van der Waals surface area contributed by atoms with Crippen LogP contribution < -0.4 is 19.9 Å². The van der Waals surface area contributed by atoms with Crippen molar-refractivity contribution in [3.63, 3.8) is 0 Å². The van der Waals surface area contributed by atoms with Crippen molar-refractivity contribution in [2.24, 2.45) is 0 Å². The highest BCUT2D eigenvalue weighted by atomic mass is 32.2. The first kappa shape index (κ1) is 24.7. The zero-order valence-corrected chi connectivity index (χ0v) is 19.6. The number of pyridine rings is 1. The number of para-hydroxylation sites is 2. The SMILES string of the molecule is COc1cc(NS(C)(=O)=O)ccc1Nc1c2ccccc2nc2ccccc12.C[C@H](O)C(=O)[O-]. The molecule has 178 valence electrons. The van der Waals surface area contributed by atoms with E-state index in [2.05, 4.69) is 10.0 Å². The van der Waals surface area contributed by atoms with Crippen LogP contribution in [0.4, 0.5) is 17.1 Å². The smallest absolute Gasteiger partial charge is 0.229 e. The zero-order valence-electron chi connectivity index (χ0n) is 18.8. The summed E-state index contributed by atoms with van der Waals surface area (Å²) in [5.41, 5.74) is 3.86. The van der Waals surface area contributed by atoms with Crippen LogP contribution in [0, 0.1) is 0 Å². The molecule has 1 atom stereocenters. The Hall–Kier alpha value is -3.89. The summed E-state index contributed by atoms with van der Waals surface area (Å²) in [5, 5.41) is 22.7. The standard InChI is InChI=1S/C21H19N3O3S.C3H6O3/c1-27-20-13-14(24-28(2,25)26)11-12-19(20)23-21-15-7-3-5-9-17(15)22-18-10-6-4-8-16(18)21;1-2(4)3(5)6/h3-13,24H,1-2H3,(H,22,23);2,4H,1H3,(H,5,6)/p-1/t;2-/m.0/s1. The molecular weight excluding hydrogens is 458 g/mol. The third kappa shape index (κ3) is 6.12. The van der Waals surface area contributed by atoms with E-state index in [0.29, 0.717) is 11.4 Å². The second-order valence-electron chi connectivity index (χ2n) is 7.43. The molecule has 0 amide bonds. The van der Waals surface area contributed by atoms with Crippen molar-refractivity contribution in [2.45, 2.75) is 13.0 Å². The maximum atomic E-state index is 11.5. The third-order valence-electron chi connectivity index (χ3n) is 4.69. The number of aromatic nitrogens is 1. The fourth-order valence-electron chi connectivity index (χ4n) is 3.18. The second-order valence-corrected chi connectivity index (χ2v) is 9.18. The molecule has 0 saturated heterocycles. The number of carbonyl (C=O) groups excluding carboxylic acids is 1. The van der Waals surface area contributed by atoms with Gasteiger partial charge in [-0.25, -0.2) is 13.4 Å². The van der Waals surface area contributed by atoms with Gasteiger partial charge in [0.1, 0.15) is 5.75 Å². The largest absolute Gasteiger partial charge is 0.547 e. The van der Waals surface area contributed by atoms with E-state index < -0.39 is 22.1 Å². The lowest BCUT2D eigenvalue weighted by Crippen LogP contribution is -2.32. The van der Waals surface area contributed by atoms with Crippen LogP contribution in [0.1, 0.15) is 6.92 Å². The van der Waals surface area contributed by atoms with Gasteiger partial charge in [0.05, 0.1) is 53.5 Å². The average molecular weight is 483 g/mol. The highest BCUT2D eigenvalue weighted by Gasteiger charge is 2.12. The number of hydrogen-bond acceptors (Lipinski definition) is 8. The van der Waals surface area contributed by atoms with E-state index in [0.717, 1.165) is 46.4 Å². The number of benzene rings is 3. The fraction of sp³-hybridized carbons (Fsp3) is 0.167. The van der Waals surface area contributed by atoms with Crippen LogP contribution in [0.25, 0.3) is 21.8 Å². The molecule has 0 aliphatic rings. The first-order valence-corrected chi connectivity index (χ1v) is 12.1. The van der Waals surface area contributed by atoms with Gasteiger partial charge in [0.25, 0.3) is 0 Å². The number of carboxylic acid groups (broad SMARTS) is 1. The van der Waals surface area contributed by atoms with E-state index in [1.165, 1.54) is 0 Å². The lowest BCUT2D eigenvalue weighted by Gasteiger charge is -2.16. The van der Waals surface area contributed by atoms with Gasteiger partial charge in [0, 0.05) is 16.8 Å². The second kappa shape index (κ2) is 10.4. The number of nitrogens with zero attached hydrogens (tertiary/aromatic N) is 1. The normalized spacial score (nSPS) is 11.9. The van der Waals surface area contributed by atoms with Crippen LogP contribution in [0.5, 0.6) is 5.75 Å². The molecule has 9 nitrogen and oxygen atoms in total. The Bertz CT molecular complexity index is 1380. The van der Waals surface area contributed by atoms with Crippen LogP contribution in [0.2, 0.25) is 0 Å². The van der Waals surface area contributed by atoms with E-state index in [-0.39, 0.29) is 0 Å². The molecule has 0 aliphatic heterocycles. The minimum absolute atomic E-state index is 0.439. The number of carbonyl (C=O) groups is 1. The summed E-state index contributed by atoms with van der Waals surface area (Å²) in [5.74, 6) is -0.909. The summed E-state index contributed by atoms with van der Waals surface area (Å²) in [6.07, 6.45) is -0.231. The predicted molar refractivity (Wildman–Crippen MR) is 131 cm³/mol. The van der Waals surface area contributed by atoms with Crippen molar-refractivity contribution < 1.29 is 28.2 Å². The first-order valence-electron chi connectivity index (χ1n) is 10.2. The average Bonchev–Trinajstić information content (AvgIpc) is 2.79. The number of methoxy groups -OCH3 is 1. The topological polar surface area (TPSA) is 141 Å². The molecule has 0 spiro atoms. The molecule has 10 heteroatoms. The van der Waals surface area contributed by atoms with Crippen molar-refractivity contribution in [3.05, 3.63) is 66.7 Å². The number of nitrogens with one attached hydrogen (secondary N) is 2. The first-order chi connectivity index (χ1) is 16.1. The van der Waals surface area contributed by atoms with E-state index in [9.17, 15) is 18.3 Å². The maximum Gasteiger partial charge on any atom is 0.229 e. The van der Waals surface area contributed by atoms with Crippen LogP contribution in [0.15, 0.2) is 66.7 Å². The monoisotopic (exact) mass is 482 g/mol. The van der Waals surface area contributed by atoms with Crippen molar-refractivity contribution in [1.29, 1.82) is 0 Å². The fourth-order valence-corrected chi connectivity index (χ4v) is 3.74. The number of sulfonamides is 1. The molecule has 0 radical (unpaired) electrons. The number of anilines is 3. The predicted octanol–water partition coefficient (Wildman–Crippen LogP) is 2.63. The molecule has 0 fully saturated rings. The Morgan fingerprint density at radius 3 is 2.03 bits per heavy atom. The van der Waals surface area contributed by atoms with Gasteiger partial charge < -0.3 is 25.1 Å². The molecular formula is C24H24N3O6S-. The van der Waals surface area contributed by atoms with E-state index in [1.54, 1.807) is 25.3 Å².